The SMILES string of the molecule is CC1(C)c2ccccc2-n2c3ccc(N4c5ccccc5C5C=CC=CC54)cc3c3cc(-c4nc(-c5ccccc5)nc(-c5ccccc5)n4)cc1c32. The highest BCUT2D eigenvalue weighted by molar-refractivity contribution is 6.14. The Balaban J connectivity index is 1.19. The molecule has 2 aliphatic heterocycles. The van der Waals surface area contributed by atoms with Crippen LogP contribution >= 0.6 is 0 Å². The van der Waals surface area contributed by atoms with Gasteiger partial charge in [0.1, 0.15) is 0 Å². The average Bonchev–Trinajstić information content (AvgIpc) is 3.73. The van der Waals surface area contributed by atoms with E-state index < -0.39 is 0 Å². The third-order valence-electron chi connectivity index (χ3n) is 11.5. The van der Waals surface area contributed by atoms with Gasteiger partial charge in [0, 0.05) is 50.2 Å². The van der Waals surface area contributed by atoms with Crippen molar-refractivity contribution in [1.29, 1.82) is 0 Å². The molecule has 2 aromatic heterocycles. The van der Waals surface area contributed by atoms with Gasteiger partial charge >= 0.3 is 0 Å². The first-order chi connectivity index (χ1) is 26.0. The first-order valence-corrected chi connectivity index (χ1v) is 18.4. The molecule has 0 amide bonds. The lowest BCUT2D eigenvalue weighted by atomic mass is 9.74. The maximum atomic E-state index is 5.18. The van der Waals surface area contributed by atoms with Gasteiger partial charge in [-0.2, -0.15) is 0 Å². The van der Waals surface area contributed by atoms with E-state index in [9.17, 15) is 0 Å². The molecule has 2 unspecified atom stereocenters. The molecule has 0 spiro atoms. The number of hydrogen-bond acceptors (Lipinski definition) is 4. The average molecular weight is 682 g/mol. The molecule has 8 aromatic rings. The molecule has 53 heavy (non-hydrogen) atoms. The summed E-state index contributed by atoms with van der Waals surface area (Å²) in [7, 11) is 0. The van der Waals surface area contributed by atoms with Gasteiger partial charge < -0.3 is 9.47 Å². The Hall–Kier alpha value is -6.59. The number of allylic oxidation sites excluding steroid dienone is 2. The first kappa shape index (κ1) is 30.1. The minimum atomic E-state index is -0.268. The number of nitrogens with zero attached hydrogens (tertiary/aromatic N) is 5. The molecule has 0 N–H and O–H groups in total. The Morgan fingerprint density at radius 3 is 1.89 bits per heavy atom. The van der Waals surface area contributed by atoms with E-state index in [1.165, 1.54) is 55.6 Å². The molecule has 0 radical (unpaired) electrons. The molecule has 11 rings (SSSR count). The predicted octanol–water partition coefficient (Wildman–Crippen LogP) is 11.3. The summed E-state index contributed by atoms with van der Waals surface area (Å²) in [5, 5.41) is 2.41. The second kappa shape index (κ2) is 11.2. The summed E-state index contributed by atoms with van der Waals surface area (Å²) < 4.78 is 2.48. The molecule has 0 fully saturated rings. The van der Waals surface area contributed by atoms with Crippen LogP contribution in [0.25, 0.3) is 61.7 Å². The quantitative estimate of drug-likeness (QED) is 0.185. The molecular weight excluding hydrogens is 647 g/mol. The molecule has 2 atom stereocenters. The Morgan fingerprint density at radius 1 is 0.528 bits per heavy atom. The second-order valence-electron chi connectivity index (χ2n) is 14.9. The third kappa shape index (κ3) is 4.40. The lowest BCUT2D eigenvalue weighted by molar-refractivity contribution is 0.630. The highest BCUT2D eigenvalue weighted by Gasteiger charge is 2.39. The van der Waals surface area contributed by atoms with Gasteiger partial charge in [0.25, 0.3) is 0 Å². The van der Waals surface area contributed by atoms with Crippen LogP contribution in [0, 0.1) is 0 Å². The van der Waals surface area contributed by atoms with Crippen molar-refractivity contribution >= 4 is 33.2 Å². The molecule has 0 saturated carbocycles. The minimum absolute atomic E-state index is 0.225. The summed E-state index contributed by atoms with van der Waals surface area (Å²) in [6, 6.07) is 50.1. The molecule has 3 aliphatic rings. The number of para-hydroxylation sites is 2. The summed E-state index contributed by atoms with van der Waals surface area (Å²) in [6.07, 6.45) is 9.06. The van der Waals surface area contributed by atoms with Crippen molar-refractivity contribution in [1.82, 2.24) is 19.5 Å². The monoisotopic (exact) mass is 681 g/mol. The number of hydrogen-bond donors (Lipinski definition) is 0. The fourth-order valence-corrected chi connectivity index (χ4v) is 9.01. The highest BCUT2D eigenvalue weighted by Crippen LogP contribution is 2.51. The van der Waals surface area contributed by atoms with Crippen LogP contribution < -0.4 is 4.90 Å². The number of benzene rings is 6. The maximum absolute atomic E-state index is 5.18. The smallest absolute Gasteiger partial charge is 0.164 e. The zero-order chi connectivity index (χ0) is 35.3. The van der Waals surface area contributed by atoms with Crippen molar-refractivity contribution in [3.05, 3.63) is 181 Å². The summed E-state index contributed by atoms with van der Waals surface area (Å²) in [6.45, 7) is 4.69. The molecular formula is C48H35N5. The fourth-order valence-electron chi connectivity index (χ4n) is 9.01. The zero-order valence-electron chi connectivity index (χ0n) is 29.5. The molecule has 5 heteroatoms. The van der Waals surface area contributed by atoms with Crippen LogP contribution in [0.3, 0.4) is 0 Å². The van der Waals surface area contributed by atoms with Crippen LogP contribution in [0.4, 0.5) is 11.4 Å². The second-order valence-corrected chi connectivity index (χ2v) is 14.9. The van der Waals surface area contributed by atoms with E-state index in [-0.39, 0.29) is 11.5 Å². The Labute approximate surface area is 308 Å². The number of anilines is 2. The van der Waals surface area contributed by atoms with E-state index in [4.69, 9.17) is 15.0 Å². The van der Waals surface area contributed by atoms with Crippen molar-refractivity contribution in [3.63, 3.8) is 0 Å². The summed E-state index contributed by atoms with van der Waals surface area (Å²) in [5.74, 6) is 2.31. The van der Waals surface area contributed by atoms with Crippen LogP contribution in [0.5, 0.6) is 0 Å². The summed E-state index contributed by atoms with van der Waals surface area (Å²) in [5.41, 5.74) is 12.7. The van der Waals surface area contributed by atoms with Gasteiger partial charge in [-0.05, 0) is 59.2 Å². The van der Waals surface area contributed by atoms with Crippen molar-refractivity contribution in [2.24, 2.45) is 0 Å². The van der Waals surface area contributed by atoms with Gasteiger partial charge in [-0.15, -0.1) is 0 Å². The lowest BCUT2D eigenvalue weighted by Gasteiger charge is -2.35. The van der Waals surface area contributed by atoms with Crippen molar-refractivity contribution in [2.75, 3.05) is 4.90 Å². The molecule has 6 aromatic carbocycles. The maximum Gasteiger partial charge on any atom is 0.164 e. The summed E-state index contributed by atoms with van der Waals surface area (Å²) in [4.78, 5) is 17.9. The van der Waals surface area contributed by atoms with Gasteiger partial charge in [0.05, 0.1) is 22.8 Å². The zero-order valence-corrected chi connectivity index (χ0v) is 29.5. The molecule has 1 aliphatic carbocycles. The number of fused-ring (bicyclic) bond motifs is 8. The van der Waals surface area contributed by atoms with E-state index in [0.29, 0.717) is 23.4 Å². The van der Waals surface area contributed by atoms with E-state index in [1.54, 1.807) is 0 Å². The standard InChI is InChI=1S/C48H35N5/c1-48(2)38-21-11-14-24-43(38)53-42-26-25-33(52-40-22-12-9-19-34(40)35-20-10-13-23-41(35)52)29-36(42)37-27-32(28-39(48)44(37)53)47-50-45(30-15-5-3-6-16-30)49-46(51-47)31-17-7-4-8-18-31/h3-29,34,40H,1-2H3. The highest BCUT2D eigenvalue weighted by atomic mass is 15.2. The Morgan fingerprint density at radius 2 is 1.15 bits per heavy atom. The van der Waals surface area contributed by atoms with Gasteiger partial charge in [0.15, 0.2) is 17.5 Å². The Bertz CT molecular complexity index is 2770. The Kier molecular flexibility index (Phi) is 6.36. The third-order valence-corrected chi connectivity index (χ3v) is 11.5. The molecule has 0 bridgehead atoms. The van der Waals surface area contributed by atoms with E-state index in [1.807, 2.05) is 36.4 Å². The van der Waals surface area contributed by atoms with Gasteiger partial charge in [-0.25, -0.2) is 15.0 Å². The van der Waals surface area contributed by atoms with Crippen LogP contribution in [0.2, 0.25) is 0 Å². The molecule has 252 valence electrons. The van der Waals surface area contributed by atoms with Crippen LogP contribution in [0.1, 0.15) is 36.5 Å². The normalized spacial score (nSPS) is 17.6. The fraction of sp³-hybridized carbons (Fsp3) is 0.104. The molecule has 5 nitrogen and oxygen atoms in total. The topological polar surface area (TPSA) is 46.8 Å². The van der Waals surface area contributed by atoms with Gasteiger partial charge in [-0.3, -0.25) is 0 Å². The van der Waals surface area contributed by atoms with E-state index in [0.717, 1.165) is 16.7 Å². The van der Waals surface area contributed by atoms with E-state index >= 15 is 0 Å². The number of rotatable bonds is 4. The lowest BCUT2D eigenvalue weighted by Crippen LogP contribution is -2.28. The predicted molar refractivity (Wildman–Crippen MR) is 216 cm³/mol. The van der Waals surface area contributed by atoms with Crippen molar-refractivity contribution in [2.45, 2.75) is 31.2 Å². The van der Waals surface area contributed by atoms with Crippen LogP contribution in [-0.4, -0.2) is 25.6 Å². The largest absolute Gasteiger partial charge is 0.333 e. The van der Waals surface area contributed by atoms with Crippen molar-refractivity contribution in [3.8, 4) is 39.9 Å². The molecule has 4 heterocycles. The van der Waals surface area contributed by atoms with Crippen molar-refractivity contribution < 1.29 is 0 Å². The van der Waals surface area contributed by atoms with Gasteiger partial charge in [-0.1, -0.05) is 135 Å². The van der Waals surface area contributed by atoms with Gasteiger partial charge in [0.2, 0.25) is 0 Å². The van der Waals surface area contributed by atoms with Crippen LogP contribution in [0.15, 0.2) is 164 Å². The minimum Gasteiger partial charge on any atom is -0.333 e. The first-order valence-electron chi connectivity index (χ1n) is 18.4. The molecule has 0 saturated heterocycles. The van der Waals surface area contributed by atoms with E-state index in [2.05, 4.69) is 151 Å². The van der Waals surface area contributed by atoms with Crippen LogP contribution in [-0.2, 0) is 5.41 Å². The summed E-state index contributed by atoms with van der Waals surface area (Å²) >= 11 is 0. The number of aromatic nitrogens is 4.